The minimum absolute atomic E-state index is 0.00404. The largest absolute Gasteiger partial charge is 0.358 e. The van der Waals surface area contributed by atoms with Crippen LogP contribution in [0.15, 0.2) is 6.20 Å². The van der Waals surface area contributed by atoms with Gasteiger partial charge in [0.2, 0.25) is 5.82 Å². The SMILES string of the molecule is Cn1c([N+](=O)[O-])cnc1C(OP(N1CC1)N1CC1)C(C)(C)C. The fraction of sp³-hybridized carbons (Fsp3) is 0.769. The van der Waals surface area contributed by atoms with E-state index in [1.807, 2.05) is 0 Å². The molecule has 2 aliphatic rings. The van der Waals surface area contributed by atoms with Crippen LogP contribution >= 0.6 is 8.45 Å². The molecule has 1 aromatic heterocycles. The Labute approximate surface area is 131 Å². The zero-order valence-electron chi connectivity index (χ0n) is 13.4. The smallest absolute Gasteiger partial charge is 0.342 e. The van der Waals surface area contributed by atoms with Gasteiger partial charge in [0.15, 0.2) is 8.45 Å². The van der Waals surface area contributed by atoms with Crippen molar-refractivity contribution < 1.29 is 9.45 Å². The highest BCUT2D eigenvalue weighted by Crippen LogP contribution is 2.58. The van der Waals surface area contributed by atoms with Crippen LogP contribution in [-0.2, 0) is 11.6 Å². The molecule has 8 nitrogen and oxygen atoms in total. The lowest BCUT2D eigenvalue weighted by Crippen LogP contribution is -2.25. The molecular formula is C13H22N5O3P. The summed E-state index contributed by atoms with van der Waals surface area (Å²) in [5.41, 5.74) is -0.195. The van der Waals surface area contributed by atoms with Crippen LogP contribution in [0.25, 0.3) is 0 Å². The van der Waals surface area contributed by atoms with Crippen LogP contribution < -0.4 is 0 Å². The molecule has 1 unspecified atom stereocenters. The molecule has 2 saturated heterocycles. The van der Waals surface area contributed by atoms with E-state index < -0.39 is 13.4 Å². The van der Waals surface area contributed by atoms with Gasteiger partial charge < -0.3 is 14.6 Å². The first kappa shape index (κ1) is 15.8. The maximum Gasteiger partial charge on any atom is 0.342 e. The molecule has 2 fully saturated rings. The second-order valence-electron chi connectivity index (χ2n) is 6.80. The summed E-state index contributed by atoms with van der Waals surface area (Å²) in [4.78, 5) is 14.9. The summed E-state index contributed by atoms with van der Waals surface area (Å²) in [7, 11) is 0.922. The van der Waals surface area contributed by atoms with Gasteiger partial charge in [-0.15, -0.1) is 0 Å². The first-order valence-corrected chi connectivity index (χ1v) is 8.58. The highest BCUT2D eigenvalue weighted by molar-refractivity contribution is 7.48. The zero-order valence-corrected chi connectivity index (χ0v) is 14.3. The lowest BCUT2D eigenvalue weighted by atomic mass is 9.89. The quantitative estimate of drug-likeness (QED) is 0.345. The molecule has 0 radical (unpaired) electrons. The van der Waals surface area contributed by atoms with Crippen molar-refractivity contribution in [3.8, 4) is 0 Å². The Morgan fingerprint density at radius 1 is 1.32 bits per heavy atom. The summed E-state index contributed by atoms with van der Waals surface area (Å²) in [5.74, 6) is 0.617. The van der Waals surface area contributed by atoms with Gasteiger partial charge in [0.1, 0.15) is 12.3 Å². The molecule has 1 atom stereocenters. The molecule has 22 heavy (non-hydrogen) atoms. The van der Waals surface area contributed by atoms with Gasteiger partial charge >= 0.3 is 5.82 Å². The third kappa shape index (κ3) is 3.15. The number of nitro groups is 1. The summed E-state index contributed by atoms with van der Waals surface area (Å²) in [6.45, 7) is 10.5. The highest BCUT2D eigenvalue weighted by Gasteiger charge is 2.45. The number of aromatic nitrogens is 2. The van der Waals surface area contributed by atoms with Gasteiger partial charge in [-0.1, -0.05) is 20.8 Å². The van der Waals surface area contributed by atoms with Gasteiger partial charge in [0, 0.05) is 26.2 Å². The topological polar surface area (TPSA) is 76.2 Å². The third-order valence-corrected chi connectivity index (χ3v) is 5.91. The Morgan fingerprint density at radius 2 is 1.86 bits per heavy atom. The first-order chi connectivity index (χ1) is 10.3. The molecular weight excluding hydrogens is 305 g/mol. The van der Waals surface area contributed by atoms with Gasteiger partial charge in [0.25, 0.3) is 0 Å². The lowest BCUT2D eigenvalue weighted by molar-refractivity contribution is -0.391. The molecule has 0 spiro atoms. The number of hydrogen-bond acceptors (Lipinski definition) is 6. The van der Waals surface area contributed by atoms with Gasteiger partial charge in [-0.3, -0.25) is 0 Å². The Bertz CT molecular complexity index is 565. The van der Waals surface area contributed by atoms with Crippen LogP contribution in [0.2, 0.25) is 0 Å². The molecule has 0 N–H and O–H groups in total. The molecule has 0 aromatic carbocycles. The average molecular weight is 327 g/mol. The van der Waals surface area contributed by atoms with Crippen molar-refractivity contribution in [1.29, 1.82) is 0 Å². The van der Waals surface area contributed by atoms with E-state index in [4.69, 9.17) is 4.52 Å². The molecule has 2 aliphatic heterocycles. The monoisotopic (exact) mass is 327 g/mol. The van der Waals surface area contributed by atoms with Crippen molar-refractivity contribution in [2.24, 2.45) is 12.5 Å². The predicted molar refractivity (Wildman–Crippen MR) is 83.2 cm³/mol. The summed E-state index contributed by atoms with van der Waals surface area (Å²) in [6, 6.07) is 0. The van der Waals surface area contributed by atoms with E-state index in [1.165, 1.54) is 10.8 Å². The van der Waals surface area contributed by atoms with Crippen molar-refractivity contribution in [3.63, 3.8) is 0 Å². The molecule has 9 heteroatoms. The summed E-state index contributed by atoms with van der Waals surface area (Å²) < 4.78 is 12.6. The van der Waals surface area contributed by atoms with Crippen LogP contribution in [0, 0.1) is 15.5 Å². The number of imidazole rings is 1. The van der Waals surface area contributed by atoms with Crippen molar-refractivity contribution in [3.05, 3.63) is 22.1 Å². The number of hydrogen-bond donors (Lipinski definition) is 0. The molecule has 0 amide bonds. The molecule has 0 aliphatic carbocycles. The van der Waals surface area contributed by atoms with E-state index in [-0.39, 0.29) is 17.3 Å². The predicted octanol–water partition coefficient (Wildman–Crippen LogP) is 2.29. The van der Waals surface area contributed by atoms with Crippen LogP contribution in [0.4, 0.5) is 5.82 Å². The van der Waals surface area contributed by atoms with E-state index in [9.17, 15) is 10.1 Å². The van der Waals surface area contributed by atoms with Crippen LogP contribution in [0.1, 0.15) is 32.7 Å². The van der Waals surface area contributed by atoms with E-state index >= 15 is 0 Å². The van der Waals surface area contributed by atoms with Crippen LogP contribution in [-0.4, -0.2) is 50.0 Å². The summed E-state index contributed by atoms with van der Waals surface area (Å²) in [5, 5.41) is 11.1. The highest BCUT2D eigenvalue weighted by atomic mass is 31.2. The Morgan fingerprint density at radius 3 is 2.23 bits per heavy atom. The van der Waals surface area contributed by atoms with Crippen molar-refractivity contribution >= 4 is 14.3 Å². The van der Waals surface area contributed by atoms with Crippen molar-refractivity contribution in [2.75, 3.05) is 26.2 Å². The molecule has 3 rings (SSSR count). The second kappa shape index (κ2) is 5.53. The van der Waals surface area contributed by atoms with E-state index in [1.54, 1.807) is 7.05 Å². The number of nitrogens with zero attached hydrogens (tertiary/aromatic N) is 5. The third-order valence-electron chi connectivity index (χ3n) is 3.74. The molecule has 1 aromatic rings. The Hall–Kier alpha value is -1.08. The van der Waals surface area contributed by atoms with E-state index in [0.717, 1.165) is 26.2 Å². The summed E-state index contributed by atoms with van der Waals surface area (Å²) in [6.07, 6.45) is 1.03. The molecule has 3 heterocycles. The maximum atomic E-state index is 11.1. The average Bonchev–Trinajstić information content (AvgIpc) is 3.29. The Balaban J connectivity index is 1.88. The zero-order chi connectivity index (χ0) is 16.1. The minimum atomic E-state index is -0.759. The van der Waals surface area contributed by atoms with Gasteiger partial charge in [0.05, 0.1) is 7.05 Å². The molecule has 0 saturated carbocycles. The van der Waals surface area contributed by atoms with Crippen molar-refractivity contribution in [1.82, 2.24) is 18.9 Å². The summed E-state index contributed by atoms with van der Waals surface area (Å²) >= 11 is 0. The second-order valence-corrected chi connectivity index (χ2v) is 8.65. The van der Waals surface area contributed by atoms with Crippen molar-refractivity contribution in [2.45, 2.75) is 26.9 Å². The minimum Gasteiger partial charge on any atom is -0.358 e. The number of rotatable bonds is 6. The fourth-order valence-electron chi connectivity index (χ4n) is 2.26. The van der Waals surface area contributed by atoms with Gasteiger partial charge in [-0.25, -0.2) is 18.9 Å². The first-order valence-electron chi connectivity index (χ1n) is 7.41. The molecule has 122 valence electrons. The van der Waals surface area contributed by atoms with Gasteiger partial charge in [-0.2, -0.15) is 0 Å². The van der Waals surface area contributed by atoms with E-state index in [0.29, 0.717) is 5.82 Å². The van der Waals surface area contributed by atoms with Gasteiger partial charge in [-0.05, 0) is 10.3 Å². The molecule has 0 bridgehead atoms. The maximum absolute atomic E-state index is 11.1. The fourth-order valence-corrected chi connectivity index (χ4v) is 4.35. The van der Waals surface area contributed by atoms with Crippen LogP contribution in [0.5, 0.6) is 0 Å². The van der Waals surface area contributed by atoms with Crippen LogP contribution in [0.3, 0.4) is 0 Å². The normalized spacial score (nSPS) is 20.4. The van der Waals surface area contributed by atoms with E-state index in [2.05, 4.69) is 35.1 Å². The Kier molecular flexibility index (Phi) is 3.97. The standard InChI is InChI=1S/C13H22N5O3P/c1-13(2,3)11(12-14-9-10(15(12)4)18(19)20)21-22(16-5-6-16)17-7-8-17/h9,11H,5-8H2,1-4H3. The lowest BCUT2D eigenvalue weighted by Gasteiger charge is -2.32.